The van der Waals surface area contributed by atoms with Crippen LogP contribution in [0.5, 0.6) is 0 Å². The number of hydrogen-bond acceptors (Lipinski definition) is 5. The molecule has 0 saturated carbocycles. The molecule has 0 bridgehead atoms. The maximum absolute atomic E-state index is 12.7. The topological polar surface area (TPSA) is 54.5 Å². The Morgan fingerprint density at radius 2 is 1.86 bits per heavy atom. The number of rotatable bonds is 4. The van der Waals surface area contributed by atoms with Crippen LogP contribution in [0.15, 0.2) is 42.5 Å². The van der Waals surface area contributed by atoms with Gasteiger partial charge in [-0.15, -0.1) is 11.3 Å². The summed E-state index contributed by atoms with van der Waals surface area (Å²) in [6, 6.07) is 14.0. The van der Waals surface area contributed by atoms with Crippen LogP contribution in [0.2, 0.25) is 0 Å². The third-order valence-electron chi connectivity index (χ3n) is 5.32. The summed E-state index contributed by atoms with van der Waals surface area (Å²) in [6.07, 6.45) is 0.289. The molecule has 2 aromatic carbocycles. The Hall–Kier alpha value is -2.28. The Labute approximate surface area is 175 Å². The van der Waals surface area contributed by atoms with Crippen LogP contribution in [0.4, 0.5) is 5.69 Å². The molecule has 4 rings (SSSR count). The first-order valence-corrected chi connectivity index (χ1v) is 10.9. The molecule has 6 heteroatoms. The van der Waals surface area contributed by atoms with Crippen molar-refractivity contribution in [2.45, 2.75) is 45.9 Å². The summed E-state index contributed by atoms with van der Waals surface area (Å²) in [7, 11) is 0. The van der Waals surface area contributed by atoms with Gasteiger partial charge in [-0.1, -0.05) is 6.07 Å². The normalized spacial score (nSPS) is 21.2. The number of aryl methyl sites for hydroxylation is 1. The zero-order chi connectivity index (χ0) is 20.5. The lowest BCUT2D eigenvalue weighted by Crippen LogP contribution is -2.52. The highest BCUT2D eigenvalue weighted by atomic mass is 32.1. The number of thiazole rings is 1. The van der Waals surface area contributed by atoms with Crippen molar-refractivity contribution in [3.05, 3.63) is 48.0 Å². The maximum Gasteiger partial charge on any atom is 0.241 e. The van der Waals surface area contributed by atoms with Crippen LogP contribution < -0.4 is 5.32 Å². The first kappa shape index (κ1) is 20.0. The Bertz CT molecular complexity index is 1000. The van der Waals surface area contributed by atoms with Gasteiger partial charge in [0, 0.05) is 24.3 Å². The number of morpholine rings is 1. The summed E-state index contributed by atoms with van der Waals surface area (Å²) in [5.74, 6) is 0.00881. The molecule has 0 radical (unpaired) electrons. The Morgan fingerprint density at radius 1 is 1.17 bits per heavy atom. The number of fused-ring (bicyclic) bond motifs is 1. The Kier molecular flexibility index (Phi) is 5.67. The SMILES string of the molecule is Cc1ccc2nc(-c3ccc(NC(=O)[C@@H](C)N4C[C@@H](C)O[C@@H](C)C4)cc3)sc2c1. The lowest BCUT2D eigenvalue weighted by Gasteiger charge is -2.38. The van der Waals surface area contributed by atoms with E-state index >= 15 is 0 Å². The van der Waals surface area contributed by atoms with E-state index in [9.17, 15) is 4.79 Å². The Balaban J connectivity index is 1.44. The molecule has 0 unspecified atom stereocenters. The number of aromatic nitrogens is 1. The van der Waals surface area contributed by atoms with Gasteiger partial charge in [0.15, 0.2) is 0 Å². The molecular weight excluding hydrogens is 382 g/mol. The molecule has 1 saturated heterocycles. The van der Waals surface area contributed by atoms with E-state index in [1.807, 2.05) is 31.2 Å². The van der Waals surface area contributed by atoms with Gasteiger partial charge in [0.05, 0.1) is 28.5 Å². The van der Waals surface area contributed by atoms with Crippen LogP contribution in [0.3, 0.4) is 0 Å². The number of amides is 1. The van der Waals surface area contributed by atoms with Crippen LogP contribution in [0, 0.1) is 6.92 Å². The second-order valence-electron chi connectivity index (χ2n) is 7.94. The van der Waals surface area contributed by atoms with E-state index in [0.717, 1.165) is 34.9 Å². The van der Waals surface area contributed by atoms with E-state index < -0.39 is 0 Å². The van der Waals surface area contributed by atoms with Gasteiger partial charge >= 0.3 is 0 Å². The lowest BCUT2D eigenvalue weighted by molar-refractivity contribution is -0.126. The van der Waals surface area contributed by atoms with E-state index in [1.165, 1.54) is 10.3 Å². The monoisotopic (exact) mass is 409 g/mol. The average Bonchev–Trinajstić information content (AvgIpc) is 3.10. The van der Waals surface area contributed by atoms with Crippen molar-refractivity contribution >= 4 is 33.1 Å². The molecule has 3 aromatic rings. The van der Waals surface area contributed by atoms with Crippen molar-refractivity contribution in [1.82, 2.24) is 9.88 Å². The second-order valence-corrected chi connectivity index (χ2v) is 8.97. The predicted octanol–water partition coefficient (Wildman–Crippen LogP) is 4.71. The number of benzene rings is 2. The number of nitrogens with zero attached hydrogens (tertiary/aromatic N) is 2. The fourth-order valence-corrected chi connectivity index (χ4v) is 4.87. The quantitative estimate of drug-likeness (QED) is 0.678. The summed E-state index contributed by atoms with van der Waals surface area (Å²) < 4.78 is 6.96. The largest absolute Gasteiger partial charge is 0.373 e. The lowest BCUT2D eigenvalue weighted by atomic mass is 10.1. The molecule has 5 nitrogen and oxygen atoms in total. The van der Waals surface area contributed by atoms with Crippen LogP contribution in [-0.4, -0.2) is 47.1 Å². The fraction of sp³-hybridized carbons (Fsp3) is 0.391. The molecule has 0 spiro atoms. The van der Waals surface area contributed by atoms with Crippen molar-refractivity contribution in [1.29, 1.82) is 0 Å². The van der Waals surface area contributed by atoms with Gasteiger partial charge in [-0.3, -0.25) is 9.69 Å². The summed E-state index contributed by atoms with van der Waals surface area (Å²) >= 11 is 1.69. The maximum atomic E-state index is 12.7. The van der Waals surface area contributed by atoms with Gasteiger partial charge in [0.25, 0.3) is 0 Å². The highest BCUT2D eigenvalue weighted by Crippen LogP contribution is 2.31. The van der Waals surface area contributed by atoms with Crippen LogP contribution >= 0.6 is 11.3 Å². The standard InChI is InChI=1S/C23H27N3O2S/c1-14-5-10-20-21(11-14)29-23(25-20)18-6-8-19(9-7-18)24-22(27)17(4)26-12-15(2)28-16(3)13-26/h5-11,15-17H,12-13H2,1-4H3,(H,24,27)/t15-,16+,17-/m1/s1. The zero-order valence-electron chi connectivity index (χ0n) is 17.3. The molecule has 152 valence electrons. The van der Waals surface area contributed by atoms with Gasteiger partial charge in [0.2, 0.25) is 5.91 Å². The van der Waals surface area contributed by atoms with Gasteiger partial charge in [-0.2, -0.15) is 0 Å². The van der Waals surface area contributed by atoms with Crippen molar-refractivity contribution in [2.24, 2.45) is 0 Å². The molecular formula is C23H27N3O2S. The minimum absolute atomic E-state index is 0.00881. The average molecular weight is 410 g/mol. The van der Waals surface area contributed by atoms with Crippen molar-refractivity contribution < 1.29 is 9.53 Å². The molecule has 1 aliphatic heterocycles. The highest BCUT2D eigenvalue weighted by Gasteiger charge is 2.29. The fourth-order valence-electron chi connectivity index (χ4n) is 3.80. The number of carbonyl (C=O) groups excluding carboxylic acids is 1. The summed E-state index contributed by atoms with van der Waals surface area (Å²) in [5.41, 5.74) is 4.13. The second kappa shape index (κ2) is 8.22. The van der Waals surface area contributed by atoms with Gasteiger partial charge in [0.1, 0.15) is 5.01 Å². The van der Waals surface area contributed by atoms with Crippen molar-refractivity contribution in [3.63, 3.8) is 0 Å². The molecule has 1 fully saturated rings. The van der Waals surface area contributed by atoms with Crippen LogP contribution in [0.1, 0.15) is 26.3 Å². The smallest absolute Gasteiger partial charge is 0.241 e. The highest BCUT2D eigenvalue weighted by molar-refractivity contribution is 7.21. The third-order valence-corrected chi connectivity index (χ3v) is 6.39. The van der Waals surface area contributed by atoms with Gasteiger partial charge < -0.3 is 10.1 Å². The number of carbonyl (C=O) groups is 1. The van der Waals surface area contributed by atoms with E-state index in [2.05, 4.69) is 49.2 Å². The molecule has 3 atom stereocenters. The first-order valence-electron chi connectivity index (χ1n) is 10.1. The van der Waals surface area contributed by atoms with E-state index in [1.54, 1.807) is 11.3 Å². The third kappa shape index (κ3) is 4.50. The minimum atomic E-state index is -0.198. The predicted molar refractivity (Wildman–Crippen MR) is 119 cm³/mol. The van der Waals surface area contributed by atoms with E-state index in [4.69, 9.17) is 9.72 Å². The molecule has 1 aliphatic rings. The van der Waals surface area contributed by atoms with Gasteiger partial charge in [-0.25, -0.2) is 4.98 Å². The zero-order valence-corrected chi connectivity index (χ0v) is 18.1. The van der Waals surface area contributed by atoms with Gasteiger partial charge in [-0.05, 0) is 69.7 Å². The first-order chi connectivity index (χ1) is 13.9. The molecule has 2 heterocycles. The molecule has 29 heavy (non-hydrogen) atoms. The van der Waals surface area contributed by atoms with E-state index in [-0.39, 0.29) is 24.2 Å². The minimum Gasteiger partial charge on any atom is -0.373 e. The van der Waals surface area contributed by atoms with Crippen molar-refractivity contribution in [3.8, 4) is 10.6 Å². The number of ether oxygens (including phenoxy) is 1. The molecule has 1 aromatic heterocycles. The van der Waals surface area contributed by atoms with E-state index in [0.29, 0.717) is 0 Å². The number of nitrogens with one attached hydrogen (secondary N) is 1. The molecule has 0 aliphatic carbocycles. The number of anilines is 1. The van der Waals surface area contributed by atoms with Crippen LogP contribution in [0.25, 0.3) is 20.8 Å². The molecule has 1 amide bonds. The summed E-state index contributed by atoms with van der Waals surface area (Å²) in [6.45, 7) is 9.70. The molecule has 1 N–H and O–H groups in total. The van der Waals surface area contributed by atoms with Crippen LogP contribution in [-0.2, 0) is 9.53 Å². The Morgan fingerprint density at radius 3 is 2.55 bits per heavy atom. The summed E-state index contributed by atoms with van der Waals surface area (Å²) in [4.78, 5) is 19.6. The van der Waals surface area contributed by atoms with Crippen molar-refractivity contribution in [2.75, 3.05) is 18.4 Å². The summed E-state index contributed by atoms with van der Waals surface area (Å²) in [5, 5.41) is 4.04. The number of hydrogen-bond donors (Lipinski definition) is 1.